The molecule has 0 N–H and O–H groups in total. The number of rotatable bonds is 3. The Morgan fingerprint density at radius 2 is 1.64 bits per heavy atom. The molecule has 3 nitrogen and oxygen atoms in total. The number of carbonyl (C=O) groups excluding carboxylic acids is 2. The van der Waals surface area contributed by atoms with Crippen LogP contribution in [0.25, 0.3) is 0 Å². The van der Waals surface area contributed by atoms with Gasteiger partial charge in [-0.1, -0.05) is 20.4 Å². The molecule has 0 fully saturated rings. The Bertz CT molecular complexity index is 256. The molecular formula is C11H18O3. The lowest BCUT2D eigenvalue weighted by molar-refractivity contribution is -0.161. The molecule has 0 saturated carbocycles. The maximum atomic E-state index is 11.4. The SMILES string of the molecule is C=C(C(=O)C(=O)OC(C)(C)C)C(C)C. The monoisotopic (exact) mass is 198 g/mol. The summed E-state index contributed by atoms with van der Waals surface area (Å²) in [5.74, 6) is -1.49. The van der Waals surface area contributed by atoms with Crippen molar-refractivity contribution in [3.05, 3.63) is 12.2 Å². The predicted octanol–water partition coefficient (Wildman–Crippen LogP) is 2.11. The molecule has 0 aliphatic heterocycles. The van der Waals surface area contributed by atoms with E-state index in [4.69, 9.17) is 4.74 Å². The van der Waals surface area contributed by atoms with E-state index in [1.54, 1.807) is 20.8 Å². The van der Waals surface area contributed by atoms with E-state index >= 15 is 0 Å². The van der Waals surface area contributed by atoms with Crippen LogP contribution in [-0.2, 0) is 14.3 Å². The van der Waals surface area contributed by atoms with Crippen molar-refractivity contribution in [3.8, 4) is 0 Å². The van der Waals surface area contributed by atoms with Crippen molar-refractivity contribution >= 4 is 11.8 Å². The summed E-state index contributed by atoms with van der Waals surface area (Å²) in [5, 5.41) is 0. The molecule has 0 amide bonds. The van der Waals surface area contributed by atoms with Crippen LogP contribution in [0, 0.1) is 5.92 Å². The normalized spacial score (nSPS) is 11.3. The number of esters is 1. The second-order valence-electron chi connectivity index (χ2n) is 4.51. The second kappa shape index (κ2) is 4.40. The molecule has 0 atom stereocenters. The van der Waals surface area contributed by atoms with Gasteiger partial charge in [-0.25, -0.2) is 4.79 Å². The molecule has 0 unspecified atom stereocenters. The van der Waals surface area contributed by atoms with Crippen LogP contribution in [0.1, 0.15) is 34.6 Å². The van der Waals surface area contributed by atoms with Crippen LogP contribution < -0.4 is 0 Å². The Balaban J connectivity index is 4.43. The van der Waals surface area contributed by atoms with Crippen LogP contribution in [0.3, 0.4) is 0 Å². The molecule has 0 saturated heterocycles. The van der Waals surface area contributed by atoms with Crippen LogP contribution in [-0.4, -0.2) is 17.4 Å². The number of hydrogen-bond donors (Lipinski definition) is 0. The highest BCUT2D eigenvalue weighted by Gasteiger charge is 2.25. The summed E-state index contributed by atoms with van der Waals surface area (Å²) in [6.07, 6.45) is 0. The highest BCUT2D eigenvalue weighted by Crippen LogP contribution is 2.12. The van der Waals surface area contributed by atoms with E-state index in [-0.39, 0.29) is 5.92 Å². The molecule has 0 bridgehead atoms. The summed E-state index contributed by atoms with van der Waals surface area (Å²) in [4.78, 5) is 22.7. The quantitative estimate of drug-likeness (QED) is 0.396. The number of Topliss-reactive ketones (excluding diaryl/α,β-unsaturated/α-hetero) is 1. The maximum absolute atomic E-state index is 11.4. The lowest BCUT2D eigenvalue weighted by Crippen LogP contribution is -2.30. The van der Waals surface area contributed by atoms with E-state index in [0.717, 1.165) is 0 Å². The van der Waals surface area contributed by atoms with Gasteiger partial charge >= 0.3 is 5.97 Å². The Labute approximate surface area is 85.1 Å². The van der Waals surface area contributed by atoms with E-state index in [9.17, 15) is 9.59 Å². The minimum absolute atomic E-state index is 0.0324. The highest BCUT2D eigenvalue weighted by atomic mass is 16.6. The van der Waals surface area contributed by atoms with Gasteiger partial charge < -0.3 is 4.74 Å². The van der Waals surface area contributed by atoms with Gasteiger partial charge in [-0.15, -0.1) is 0 Å². The van der Waals surface area contributed by atoms with Crippen molar-refractivity contribution in [2.24, 2.45) is 5.92 Å². The molecule has 0 aromatic heterocycles. The Kier molecular flexibility index (Phi) is 4.05. The molecule has 0 rings (SSSR count). The molecule has 3 heteroatoms. The van der Waals surface area contributed by atoms with E-state index in [1.807, 2.05) is 13.8 Å². The molecule has 0 aromatic rings. The van der Waals surface area contributed by atoms with Gasteiger partial charge in [-0.3, -0.25) is 4.79 Å². The van der Waals surface area contributed by atoms with E-state index in [0.29, 0.717) is 5.57 Å². The zero-order valence-corrected chi connectivity index (χ0v) is 9.51. The van der Waals surface area contributed by atoms with Crippen molar-refractivity contribution in [2.75, 3.05) is 0 Å². The first-order chi connectivity index (χ1) is 6.15. The average Bonchev–Trinajstić information content (AvgIpc) is 1.98. The first-order valence-corrected chi connectivity index (χ1v) is 4.61. The van der Waals surface area contributed by atoms with Gasteiger partial charge in [-0.05, 0) is 26.7 Å². The first-order valence-electron chi connectivity index (χ1n) is 4.61. The molecule has 80 valence electrons. The molecule has 14 heavy (non-hydrogen) atoms. The molecular weight excluding hydrogens is 180 g/mol. The lowest BCUT2D eigenvalue weighted by atomic mass is 10.0. The minimum atomic E-state index is -0.823. The number of carbonyl (C=O) groups is 2. The summed E-state index contributed by atoms with van der Waals surface area (Å²) in [6.45, 7) is 12.3. The third-order valence-electron chi connectivity index (χ3n) is 1.57. The standard InChI is InChI=1S/C11H18O3/c1-7(2)8(3)9(12)10(13)14-11(4,5)6/h7H,3H2,1-2,4-6H3. The van der Waals surface area contributed by atoms with Gasteiger partial charge in [0.1, 0.15) is 5.60 Å². The largest absolute Gasteiger partial charge is 0.454 e. The number of ketones is 1. The van der Waals surface area contributed by atoms with Gasteiger partial charge in [0.2, 0.25) is 0 Å². The fourth-order valence-electron chi connectivity index (χ4n) is 0.718. The van der Waals surface area contributed by atoms with Crippen molar-refractivity contribution in [1.29, 1.82) is 0 Å². The summed E-state index contributed by atoms with van der Waals surface area (Å²) >= 11 is 0. The molecule has 0 spiro atoms. The number of ether oxygens (including phenoxy) is 1. The van der Waals surface area contributed by atoms with Crippen LogP contribution in [0.2, 0.25) is 0 Å². The van der Waals surface area contributed by atoms with Crippen LogP contribution in [0.4, 0.5) is 0 Å². The molecule has 0 aromatic carbocycles. The third-order valence-corrected chi connectivity index (χ3v) is 1.57. The third kappa shape index (κ3) is 4.21. The Morgan fingerprint density at radius 1 is 1.21 bits per heavy atom. The average molecular weight is 198 g/mol. The van der Waals surface area contributed by atoms with Crippen molar-refractivity contribution in [1.82, 2.24) is 0 Å². The summed E-state index contributed by atoms with van der Waals surface area (Å²) in [6, 6.07) is 0. The molecule has 0 heterocycles. The van der Waals surface area contributed by atoms with E-state index in [2.05, 4.69) is 6.58 Å². The summed E-state index contributed by atoms with van der Waals surface area (Å²) < 4.78 is 4.92. The van der Waals surface area contributed by atoms with Crippen LogP contribution >= 0.6 is 0 Å². The topological polar surface area (TPSA) is 43.4 Å². The van der Waals surface area contributed by atoms with Gasteiger partial charge in [0.15, 0.2) is 0 Å². The molecule has 0 radical (unpaired) electrons. The summed E-state index contributed by atoms with van der Waals surface area (Å²) in [5.41, 5.74) is -0.344. The van der Waals surface area contributed by atoms with Crippen molar-refractivity contribution < 1.29 is 14.3 Å². The van der Waals surface area contributed by atoms with E-state index in [1.165, 1.54) is 0 Å². The fourth-order valence-corrected chi connectivity index (χ4v) is 0.718. The van der Waals surface area contributed by atoms with E-state index < -0.39 is 17.4 Å². The smallest absolute Gasteiger partial charge is 0.379 e. The Hall–Kier alpha value is -1.12. The highest BCUT2D eigenvalue weighted by molar-refractivity contribution is 6.40. The van der Waals surface area contributed by atoms with Gasteiger partial charge in [0.25, 0.3) is 5.78 Å². The zero-order chi connectivity index (χ0) is 11.5. The summed E-state index contributed by atoms with van der Waals surface area (Å²) in [7, 11) is 0. The van der Waals surface area contributed by atoms with Crippen LogP contribution in [0.15, 0.2) is 12.2 Å². The first kappa shape index (κ1) is 12.9. The van der Waals surface area contributed by atoms with Crippen molar-refractivity contribution in [3.63, 3.8) is 0 Å². The Morgan fingerprint density at radius 3 is 1.93 bits per heavy atom. The maximum Gasteiger partial charge on any atom is 0.379 e. The second-order valence-corrected chi connectivity index (χ2v) is 4.51. The molecule has 0 aliphatic carbocycles. The fraction of sp³-hybridized carbons (Fsp3) is 0.636. The van der Waals surface area contributed by atoms with Crippen molar-refractivity contribution in [2.45, 2.75) is 40.2 Å². The van der Waals surface area contributed by atoms with Crippen LogP contribution in [0.5, 0.6) is 0 Å². The van der Waals surface area contributed by atoms with Gasteiger partial charge in [-0.2, -0.15) is 0 Å². The van der Waals surface area contributed by atoms with Gasteiger partial charge in [0, 0.05) is 5.57 Å². The minimum Gasteiger partial charge on any atom is -0.454 e. The predicted molar refractivity (Wildman–Crippen MR) is 54.8 cm³/mol. The number of hydrogen-bond acceptors (Lipinski definition) is 3. The zero-order valence-electron chi connectivity index (χ0n) is 9.51. The molecule has 0 aliphatic rings. The lowest BCUT2D eigenvalue weighted by Gasteiger charge is -2.19. The van der Waals surface area contributed by atoms with Gasteiger partial charge in [0.05, 0.1) is 0 Å².